The average Bonchev–Trinajstić information content (AvgIpc) is 2.80. The Morgan fingerprint density at radius 2 is 1.77 bits per heavy atom. The molecule has 2 aromatic carbocycles. The van der Waals surface area contributed by atoms with E-state index in [4.69, 9.17) is 9.57 Å². The molecular formula is C28H31NO6. The molecule has 0 heterocycles. The number of carbonyl (C=O) groups is 2. The molecule has 0 saturated carbocycles. The van der Waals surface area contributed by atoms with E-state index in [2.05, 4.69) is 5.16 Å². The Bertz CT molecular complexity index is 1270. The third kappa shape index (κ3) is 4.99. The second-order valence-corrected chi connectivity index (χ2v) is 8.93. The van der Waals surface area contributed by atoms with E-state index in [0.29, 0.717) is 16.9 Å². The fourth-order valence-corrected chi connectivity index (χ4v) is 4.52. The van der Waals surface area contributed by atoms with Crippen molar-refractivity contribution in [1.29, 1.82) is 0 Å². The fraction of sp³-hybridized carbons (Fsp3) is 0.321. The minimum atomic E-state index is -1.50. The molecule has 184 valence electrons. The van der Waals surface area contributed by atoms with Crippen LogP contribution in [-0.2, 0) is 26.4 Å². The molecule has 0 aromatic heterocycles. The number of carboxylic acids is 2. The second-order valence-electron chi connectivity index (χ2n) is 8.93. The maximum Gasteiger partial charge on any atom is 0.331 e. The summed E-state index contributed by atoms with van der Waals surface area (Å²) in [6.07, 6.45) is 3.04. The number of hydrogen-bond donors (Lipinski definition) is 2. The Hall–Kier alpha value is -3.87. The van der Waals surface area contributed by atoms with Crippen molar-refractivity contribution in [2.75, 3.05) is 7.11 Å². The zero-order valence-corrected chi connectivity index (χ0v) is 20.9. The van der Waals surface area contributed by atoms with E-state index in [-0.39, 0.29) is 18.6 Å². The molecule has 7 nitrogen and oxygen atoms in total. The first-order valence-corrected chi connectivity index (χ1v) is 11.3. The molecule has 2 N–H and O–H groups in total. The molecule has 0 bridgehead atoms. The lowest BCUT2D eigenvalue weighted by atomic mass is 9.69. The van der Waals surface area contributed by atoms with Gasteiger partial charge < -0.3 is 19.8 Å². The molecule has 0 aliphatic heterocycles. The van der Waals surface area contributed by atoms with Gasteiger partial charge in [-0.1, -0.05) is 35.5 Å². The molecule has 0 amide bonds. The monoisotopic (exact) mass is 477 g/mol. The molecule has 1 atom stereocenters. The molecule has 1 unspecified atom stereocenters. The van der Waals surface area contributed by atoms with Crippen LogP contribution < -0.4 is 4.74 Å². The molecule has 1 aliphatic carbocycles. The van der Waals surface area contributed by atoms with E-state index < -0.39 is 17.4 Å². The van der Waals surface area contributed by atoms with Gasteiger partial charge in [-0.05, 0) is 80.1 Å². The van der Waals surface area contributed by atoms with Crippen LogP contribution in [0.15, 0.2) is 58.8 Å². The van der Waals surface area contributed by atoms with Crippen molar-refractivity contribution >= 4 is 17.7 Å². The van der Waals surface area contributed by atoms with Gasteiger partial charge in [-0.2, -0.15) is 0 Å². The lowest BCUT2D eigenvalue weighted by molar-refractivity contribution is -0.142. The van der Waals surface area contributed by atoms with Crippen LogP contribution >= 0.6 is 0 Å². The predicted molar refractivity (Wildman–Crippen MR) is 134 cm³/mol. The van der Waals surface area contributed by atoms with Gasteiger partial charge in [-0.15, -0.1) is 0 Å². The SMILES string of the molecule is CON=C(C)c1cc(C)c(OCc2c(C)cccc2C2(C(=O)O)C=CC(C)=C(C(=O)O)C2)cc1C. The van der Waals surface area contributed by atoms with Crippen molar-refractivity contribution < 1.29 is 29.4 Å². The van der Waals surface area contributed by atoms with Crippen molar-refractivity contribution in [3.05, 3.63) is 87.0 Å². The van der Waals surface area contributed by atoms with Crippen LogP contribution in [0.25, 0.3) is 0 Å². The topological polar surface area (TPSA) is 105 Å². The number of nitrogens with zero attached hydrogens (tertiary/aromatic N) is 1. The maximum absolute atomic E-state index is 12.6. The Morgan fingerprint density at radius 1 is 1.06 bits per heavy atom. The number of ether oxygens (including phenoxy) is 1. The zero-order chi connectivity index (χ0) is 25.9. The van der Waals surface area contributed by atoms with Crippen LogP contribution in [0, 0.1) is 20.8 Å². The summed E-state index contributed by atoms with van der Waals surface area (Å²) in [4.78, 5) is 29.3. The highest BCUT2D eigenvalue weighted by molar-refractivity contribution is 6.00. The number of allylic oxidation sites excluding steroid dienone is 2. The van der Waals surface area contributed by atoms with Gasteiger partial charge >= 0.3 is 11.9 Å². The summed E-state index contributed by atoms with van der Waals surface area (Å²) < 4.78 is 6.21. The summed E-state index contributed by atoms with van der Waals surface area (Å²) in [5.41, 5.74) is 4.86. The van der Waals surface area contributed by atoms with Crippen molar-refractivity contribution in [3.63, 3.8) is 0 Å². The van der Waals surface area contributed by atoms with Gasteiger partial charge in [0.15, 0.2) is 0 Å². The number of benzene rings is 2. The minimum Gasteiger partial charge on any atom is -0.489 e. The molecular weight excluding hydrogens is 446 g/mol. The van der Waals surface area contributed by atoms with Crippen LogP contribution in [0.4, 0.5) is 0 Å². The standard InChI is InChI=1S/C28H31NO6/c1-16-8-7-9-24(28(27(32)33)11-10-17(2)22(14-28)26(30)31)23(16)15-35-25-13-18(3)21(12-19(25)4)20(5)29-34-6/h7-13H,14-15H2,1-6H3,(H,30,31)(H,32,33). The van der Waals surface area contributed by atoms with Crippen molar-refractivity contribution in [1.82, 2.24) is 0 Å². The van der Waals surface area contributed by atoms with Crippen molar-refractivity contribution in [3.8, 4) is 5.75 Å². The van der Waals surface area contributed by atoms with Gasteiger partial charge in [-0.3, -0.25) is 4.79 Å². The zero-order valence-electron chi connectivity index (χ0n) is 20.9. The normalized spacial score (nSPS) is 17.9. The Balaban J connectivity index is 2.02. The molecule has 35 heavy (non-hydrogen) atoms. The Kier molecular flexibility index (Phi) is 7.48. The summed E-state index contributed by atoms with van der Waals surface area (Å²) >= 11 is 0. The summed E-state index contributed by atoms with van der Waals surface area (Å²) in [5.74, 6) is -1.53. The fourth-order valence-electron chi connectivity index (χ4n) is 4.52. The molecule has 1 aliphatic rings. The van der Waals surface area contributed by atoms with Gasteiger partial charge in [0.2, 0.25) is 0 Å². The number of aliphatic carboxylic acids is 2. The molecule has 0 saturated heterocycles. The largest absolute Gasteiger partial charge is 0.489 e. The smallest absolute Gasteiger partial charge is 0.331 e. The highest BCUT2D eigenvalue weighted by atomic mass is 16.6. The van der Waals surface area contributed by atoms with Crippen LogP contribution in [0.1, 0.15) is 53.6 Å². The highest BCUT2D eigenvalue weighted by Gasteiger charge is 2.43. The molecule has 0 fully saturated rings. The quantitative estimate of drug-likeness (QED) is 0.398. The van der Waals surface area contributed by atoms with E-state index >= 15 is 0 Å². The predicted octanol–water partition coefficient (Wildman–Crippen LogP) is 5.24. The average molecular weight is 478 g/mol. The number of carboxylic acid groups (broad SMARTS) is 2. The molecule has 2 aromatic rings. The van der Waals surface area contributed by atoms with E-state index in [1.165, 1.54) is 7.11 Å². The van der Waals surface area contributed by atoms with E-state index in [0.717, 1.165) is 33.5 Å². The van der Waals surface area contributed by atoms with Crippen molar-refractivity contribution in [2.24, 2.45) is 5.16 Å². The maximum atomic E-state index is 12.6. The first-order valence-electron chi connectivity index (χ1n) is 11.3. The summed E-state index contributed by atoms with van der Waals surface area (Å²) in [6.45, 7) is 9.49. The van der Waals surface area contributed by atoms with E-state index in [9.17, 15) is 19.8 Å². The number of aryl methyl sites for hydroxylation is 3. The van der Waals surface area contributed by atoms with E-state index in [1.54, 1.807) is 31.2 Å². The second kappa shape index (κ2) is 10.2. The number of hydrogen-bond acceptors (Lipinski definition) is 5. The molecule has 0 radical (unpaired) electrons. The van der Waals surface area contributed by atoms with Gasteiger partial charge in [0, 0.05) is 17.6 Å². The molecule has 0 spiro atoms. The lowest BCUT2D eigenvalue weighted by Gasteiger charge is -2.32. The molecule has 7 heteroatoms. The number of rotatable bonds is 8. The lowest BCUT2D eigenvalue weighted by Crippen LogP contribution is -2.38. The summed E-state index contributed by atoms with van der Waals surface area (Å²) in [6, 6.07) is 9.35. The summed E-state index contributed by atoms with van der Waals surface area (Å²) in [5, 5.41) is 24.0. The molecule has 3 rings (SSSR count). The summed E-state index contributed by atoms with van der Waals surface area (Å²) in [7, 11) is 1.50. The van der Waals surface area contributed by atoms with Crippen LogP contribution in [0.5, 0.6) is 5.75 Å². The Labute approximate surface area is 205 Å². The first kappa shape index (κ1) is 25.7. The van der Waals surface area contributed by atoms with Crippen molar-refractivity contribution in [2.45, 2.75) is 53.1 Å². The van der Waals surface area contributed by atoms with Gasteiger partial charge in [0.25, 0.3) is 0 Å². The van der Waals surface area contributed by atoms with E-state index in [1.807, 2.05) is 45.9 Å². The van der Waals surface area contributed by atoms with Crippen LogP contribution in [0.2, 0.25) is 0 Å². The Morgan fingerprint density at radius 3 is 2.40 bits per heavy atom. The first-order chi connectivity index (χ1) is 16.5. The van der Waals surface area contributed by atoms with Gasteiger partial charge in [0.1, 0.15) is 24.9 Å². The minimum absolute atomic E-state index is 0.0958. The third-order valence-corrected chi connectivity index (χ3v) is 6.59. The third-order valence-electron chi connectivity index (χ3n) is 6.59. The van der Waals surface area contributed by atoms with Crippen LogP contribution in [0.3, 0.4) is 0 Å². The van der Waals surface area contributed by atoms with Gasteiger partial charge in [-0.25, -0.2) is 4.79 Å². The van der Waals surface area contributed by atoms with Gasteiger partial charge in [0.05, 0.1) is 5.71 Å². The highest BCUT2D eigenvalue weighted by Crippen LogP contribution is 2.41. The van der Waals surface area contributed by atoms with Crippen LogP contribution in [-0.4, -0.2) is 35.0 Å². The number of oxime groups is 1.